The van der Waals surface area contributed by atoms with Gasteiger partial charge in [-0.05, 0) is 48.9 Å². The number of anilines is 1. The second-order valence-electron chi connectivity index (χ2n) is 6.88. The SMILES string of the molecule is Cc1ccccc1NC(=O)Cn1cccc1-c1nc(-c2ccc3c(c2)OCO3)no1. The van der Waals surface area contributed by atoms with Gasteiger partial charge >= 0.3 is 0 Å². The van der Waals surface area contributed by atoms with Crippen molar-refractivity contribution >= 4 is 11.6 Å². The number of rotatable bonds is 5. The Balaban J connectivity index is 1.35. The molecule has 0 atom stereocenters. The van der Waals surface area contributed by atoms with Gasteiger partial charge in [0.15, 0.2) is 11.5 Å². The van der Waals surface area contributed by atoms with Gasteiger partial charge in [-0.2, -0.15) is 4.98 Å². The van der Waals surface area contributed by atoms with Gasteiger partial charge in [0.2, 0.25) is 18.5 Å². The van der Waals surface area contributed by atoms with Crippen LogP contribution < -0.4 is 14.8 Å². The molecular weight excluding hydrogens is 384 g/mol. The fraction of sp³-hybridized carbons (Fsp3) is 0.136. The van der Waals surface area contributed by atoms with Gasteiger partial charge in [-0.15, -0.1) is 0 Å². The zero-order valence-corrected chi connectivity index (χ0v) is 16.2. The summed E-state index contributed by atoms with van der Waals surface area (Å²) in [6, 6.07) is 16.8. The Hall–Kier alpha value is -4.07. The minimum atomic E-state index is -0.141. The highest BCUT2D eigenvalue weighted by Gasteiger charge is 2.19. The molecule has 0 aliphatic carbocycles. The fourth-order valence-corrected chi connectivity index (χ4v) is 3.28. The third-order valence-corrected chi connectivity index (χ3v) is 4.84. The molecule has 8 heteroatoms. The number of nitrogens with one attached hydrogen (secondary N) is 1. The van der Waals surface area contributed by atoms with Gasteiger partial charge in [-0.1, -0.05) is 23.4 Å². The van der Waals surface area contributed by atoms with Crippen LogP contribution in [0.4, 0.5) is 5.69 Å². The first-order chi connectivity index (χ1) is 14.7. The van der Waals surface area contributed by atoms with E-state index in [-0.39, 0.29) is 19.2 Å². The van der Waals surface area contributed by atoms with Gasteiger partial charge in [0.05, 0.1) is 0 Å². The summed E-state index contributed by atoms with van der Waals surface area (Å²) in [5, 5.41) is 7.00. The normalized spacial score (nSPS) is 12.2. The third kappa shape index (κ3) is 3.39. The Morgan fingerprint density at radius 2 is 1.97 bits per heavy atom. The molecule has 0 spiro atoms. The van der Waals surface area contributed by atoms with E-state index in [1.54, 1.807) is 10.8 Å². The van der Waals surface area contributed by atoms with E-state index in [2.05, 4.69) is 15.5 Å². The lowest BCUT2D eigenvalue weighted by Gasteiger charge is -2.10. The number of nitrogens with zero attached hydrogens (tertiary/aromatic N) is 3. The molecule has 0 fully saturated rings. The maximum Gasteiger partial charge on any atom is 0.274 e. The van der Waals surface area contributed by atoms with Crippen LogP contribution in [0.5, 0.6) is 11.5 Å². The molecule has 150 valence electrons. The molecule has 1 aliphatic rings. The van der Waals surface area contributed by atoms with Crippen molar-refractivity contribution in [3.63, 3.8) is 0 Å². The van der Waals surface area contributed by atoms with Crippen molar-refractivity contribution in [3.8, 4) is 34.5 Å². The lowest BCUT2D eigenvalue weighted by atomic mass is 10.2. The number of fused-ring (bicyclic) bond motifs is 1. The Morgan fingerprint density at radius 3 is 2.87 bits per heavy atom. The minimum absolute atomic E-state index is 0.123. The Kier molecular flexibility index (Phi) is 4.44. The quantitative estimate of drug-likeness (QED) is 0.545. The molecule has 8 nitrogen and oxygen atoms in total. The van der Waals surface area contributed by atoms with E-state index in [1.807, 2.05) is 61.5 Å². The molecule has 2 aromatic carbocycles. The number of amides is 1. The summed E-state index contributed by atoms with van der Waals surface area (Å²) < 4.78 is 18.0. The van der Waals surface area contributed by atoms with Crippen molar-refractivity contribution in [3.05, 3.63) is 66.4 Å². The van der Waals surface area contributed by atoms with Gasteiger partial charge in [-0.25, -0.2) is 0 Å². The van der Waals surface area contributed by atoms with Gasteiger partial charge in [0.25, 0.3) is 5.89 Å². The number of hydrogen-bond donors (Lipinski definition) is 1. The molecular formula is C22H18N4O4. The smallest absolute Gasteiger partial charge is 0.274 e. The van der Waals surface area contributed by atoms with Crippen LogP contribution in [0.3, 0.4) is 0 Å². The van der Waals surface area contributed by atoms with Crippen LogP contribution in [0.1, 0.15) is 5.56 Å². The molecule has 1 aliphatic heterocycles. The van der Waals surface area contributed by atoms with Gasteiger partial charge < -0.3 is 23.9 Å². The van der Waals surface area contributed by atoms with E-state index < -0.39 is 0 Å². The van der Waals surface area contributed by atoms with E-state index in [9.17, 15) is 4.79 Å². The van der Waals surface area contributed by atoms with Crippen molar-refractivity contribution in [2.75, 3.05) is 12.1 Å². The molecule has 2 aromatic heterocycles. The van der Waals surface area contributed by atoms with Crippen LogP contribution in [0, 0.1) is 6.92 Å². The van der Waals surface area contributed by atoms with Crippen LogP contribution in [0.25, 0.3) is 23.0 Å². The van der Waals surface area contributed by atoms with Crippen LogP contribution >= 0.6 is 0 Å². The van der Waals surface area contributed by atoms with Gasteiger partial charge in [-0.3, -0.25) is 4.79 Å². The Morgan fingerprint density at radius 1 is 1.10 bits per heavy atom. The summed E-state index contributed by atoms with van der Waals surface area (Å²) in [5.74, 6) is 1.96. The first-order valence-corrected chi connectivity index (χ1v) is 9.42. The fourth-order valence-electron chi connectivity index (χ4n) is 3.28. The number of carbonyl (C=O) groups is 1. The minimum Gasteiger partial charge on any atom is -0.454 e. The molecule has 1 N–H and O–H groups in total. The number of hydrogen-bond acceptors (Lipinski definition) is 6. The van der Waals surface area contributed by atoms with E-state index in [4.69, 9.17) is 14.0 Å². The highest BCUT2D eigenvalue weighted by atomic mass is 16.7. The van der Waals surface area contributed by atoms with Crippen molar-refractivity contribution < 1.29 is 18.8 Å². The predicted molar refractivity (Wildman–Crippen MR) is 109 cm³/mol. The maximum absolute atomic E-state index is 12.5. The molecule has 3 heterocycles. The molecule has 0 radical (unpaired) electrons. The first-order valence-electron chi connectivity index (χ1n) is 9.42. The largest absolute Gasteiger partial charge is 0.454 e. The predicted octanol–water partition coefficient (Wildman–Crippen LogP) is 3.88. The van der Waals surface area contributed by atoms with E-state index in [1.165, 1.54) is 0 Å². The van der Waals surface area contributed by atoms with E-state index in [0.717, 1.165) is 16.8 Å². The highest BCUT2D eigenvalue weighted by molar-refractivity contribution is 5.91. The number of para-hydroxylation sites is 1. The number of aryl methyl sites for hydroxylation is 1. The third-order valence-electron chi connectivity index (χ3n) is 4.84. The molecule has 0 unspecified atom stereocenters. The standard InChI is InChI=1S/C22H18N4O4/c1-14-5-2-3-6-16(14)23-20(27)12-26-10-4-7-17(26)22-24-21(25-30-22)15-8-9-18-19(11-15)29-13-28-18/h2-11H,12-13H2,1H3,(H,23,27). The van der Waals surface area contributed by atoms with Crippen LogP contribution in [0.15, 0.2) is 65.3 Å². The van der Waals surface area contributed by atoms with Crippen molar-refractivity contribution in [1.82, 2.24) is 14.7 Å². The van der Waals surface area contributed by atoms with Crippen molar-refractivity contribution in [2.45, 2.75) is 13.5 Å². The molecule has 4 aromatic rings. The van der Waals surface area contributed by atoms with Crippen LogP contribution in [0.2, 0.25) is 0 Å². The molecule has 30 heavy (non-hydrogen) atoms. The number of aromatic nitrogens is 3. The summed E-state index contributed by atoms with van der Waals surface area (Å²) in [4.78, 5) is 17.0. The Bertz CT molecular complexity index is 1230. The second-order valence-corrected chi connectivity index (χ2v) is 6.88. The van der Waals surface area contributed by atoms with E-state index in [0.29, 0.717) is 28.9 Å². The molecule has 0 saturated heterocycles. The number of ether oxygens (including phenoxy) is 2. The summed E-state index contributed by atoms with van der Waals surface area (Å²) in [6.45, 7) is 2.28. The zero-order valence-electron chi connectivity index (χ0n) is 16.2. The summed E-state index contributed by atoms with van der Waals surface area (Å²) in [5.41, 5.74) is 3.21. The maximum atomic E-state index is 12.5. The summed E-state index contributed by atoms with van der Waals surface area (Å²) in [6.07, 6.45) is 1.80. The lowest BCUT2D eigenvalue weighted by molar-refractivity contribution is -0.116. The Labute approximate surface area is 172 Å². The average Bonchev–Trinajstić information content (AvgIpc) is 3.49. The van der Waals surface area contributed by atoms with Crippen molar-refractivity contribution in [2.24, 2.45) is 0 Å². The molecule has 1 amide bonds. The summed E-state index contributed by atoms with van der Waals surface area (Å²) >= 11 is 0. The van der Waals surface area contributed by atoms with E-state index >= 15 is 0 Å². The van der Waals surface area contributed by atoms with Gasteiger partial charge in [0, 0.05) is 17.4 Å². The first kappa shape index (κ1) is 18.0. The topological polar surface area (TPSA) is 91.4 Å². The molecule has 5 rings (SSSR count). The second kappa shape index (κ2) is 7.40. The van der Waals surface area contributed by atoms with Gasteiger partial charge in [0.1, 0.15) is 12.2 Å². The molecule has 0 saturated carbocycles. The lowest BCUT2D eigenvalue weighted by Crippen LogP contribution is -2.19. The summed E-state index contributed by atoms with van der Waals surface area (Å²) in [7, 11) is 0. The monoisotopic (exact) mass is 402 g/mol. The van der Waals surface area contributed by atoms with Crippen molar-refractivity contribution in [1.29, 1.82) is 0 Å². The van der Waals surface area contributed by atoms with Crippen LogP contribution in [-0.2, 0) is 11.3 Å². The molecule has 0 bridgehead atoms. The number of benzene rings is 2. The number of carbonyl (C=O) groups excluding carboxylic acids is 1. The van der Waals surface area contributed by atoms with Crippen LogP contribution in [-0.4, -0.2) is 27.4 Å². The average molecular weight is 402 g/mol. The zero-order chi connectivity index (χ0) is 20.5. The highest BCUT2D eigenvalue weighted by Crippen LogP contribution is 2.35.